The average Bonchev–Trinajstić information content (AvgIpc) is 2.38. The number of nitrogens with one attached hydrogen (secondary N) is 1. The molecule has 1 aliphatic carbocycles. The van der Waals surface area contributed by atoms with Crippen molar-refractivity contribution in [2.45, 2.75) is 58.4 Å². The summed E-state index contributed by atoms with van der Waals surface area (Å²) >= 11 is 0. The first-order chi connectivity index (χ1) is 8.91. The highest BCUT2D eigenvalue weighted by atomic mass is 16.4. The molecular weight excluding hydrogens is 244 g/mol. The number of carbonyl (C=O) groups is 2. The van der Waals surface area contributed by atoms with Crippen LogP contribution in [0.15, 0.2) is 0 Å². The summed E-state index contributed by atoms with van der Waals surface area (Å²) in [4.78, 5) is 23.3. The van der Waals surface area contributed by atoms with Gasteiger partial charge in [-0.1, -0.05) is 20.3 Å². The average molecular weight is 270 g/mol. The van der Waals surface area contributed by atoms with Gasteiger partial charge in [-0.25, -0.2) is 0 Å². The number of carboxylic acid groups (broad SMARTS) is 1. The zero-order valence-electron chi connectivity index (χ0n) is 11.9. The van der Waals surface area contributed by atoms with E-state index in [0.29, 0.717) is 25.2 Å². The van der Waals surface area contributed by atoms with Crippen LogP contribution in [0.4, 0.5) is 0 Å². The first-order valence-corrected chi connectivity index (χ1v) is 7.18. The van der Waals surface area contributed by atoms with E-state index in [1.807, 2.05) is 6.92 Å². The van der Waals surface area contributed by atoms with Gasteiger partial charge in [-0.3, -0.25) is 9.59 Å². The van der Waals surface area contributed by atoms with Crippen LogP contribution in [0.1, 0.15) is 52.4 Å². The fourth-order valence-electron chi connectivity index (χ4n) is 2.61. The van der Waals surface area contributed by atoms with Crippen molar-refractivity contribution in [3.63, 3.8) is 0 Å². The Morgan fingerprint density at radius 1 is 1.42 bits per heavy atom. The van der Waals surface area contributed by atoms with Gasteiger partial charge in [0.2, 0.25) is 5.91 Å². The molecule has 4 N–H and O–H groups in total. The predicted molar refractivity (Wildman–Crippen MR) is 73.6 cm³/mol. The van der Waals surface area contributed by atoms with Crippen molar-refractivity contribution in [1.82, 2.24) is 5.32 Å². The Morgan fingerprint density at radius 3 is 2.47 bits per heavy atom. The highest BCUT2D eigenvalue weighted by molar-refractivity contribution is 5.82. The number of amides is 1. The molecule has 0 heterocycles. The van der Waals surface area contributed by atoms with Crippen molar-refractivity contribution in [3.8, 4) is 0 Å². The molecule has 0 aliphatic heterocycles. The van der Waals surface area contributed by atoms with Crippen molar-refractivity contribution < 1.29 is 14.7 Å². The molecule has 0 bridgehead atoms. The first kappa shape index (κ1) is 16.0. The van der Waals surface area contributed by atoms with Crippen LogP contribution in [0.3, 0.4) is 0 Å². The molecule has 0 aromatic heterocycles. The van der Waals surface area contributed by atoms with Gasteiger partial charge in [0.05, 0.1) is 11.5 Å². The van der Waals surface area contributed by atoms with E-state index in [1.165, 1.54) is 0 Å². The largest absolute Gasteiger partial charge is 0.481 e. The van der Waals surface area contributed by atoms with E-state index in [4.69, 9.17) is 5.73 Å². The minimum absolute atomic E-state index is 0.200. The van der Waals surface area contributed by atoms with Crippen LogP contribution in [0.25, 0.3) is 0 Å². The maximum Gasteiger partial charge on any atom is 0.311 e. The Balaban J connectivity index is 2.56. The summed E-state index contributed by atoms with van der Waals surface area (Å²) in [6.45, 7) is 4.31. The zero-order valence-corrected chi connectivity index (χ0v) is 11.9. The van der Waals surface area contributed by atoms with E-state index < -0.39 is 17.4 Å². The molecule has 19 heavy (non-hydrogen) atoms. The molecule has 0 aromatic carbocycles. The lowest BCUT2D eigenvalue weighted by atomic mass is 9.71. The van der Waals surface area contributed by atoms with E-state index in [1.54, 1.807) is 0 Å². The molecular formula is C14H26N2O3. The molecule has 110 valence electrons. The lowest BCUT2D eigenvalue weighted by Crippen LogP contribution is -2.49. The second-order valence-electron chi connectivity index (χ2n) is 5.88. The molecule has 0 unspecified atom stereocenters. The van der Waals surface area contributed by atoms with Gasteiger partial charge in [0, 0.05) is 6.54 Å². The summed E-state index contributed by atoms with van der Waals surface area (Å²) in [6, 6.07) is -0.529. The van der Waals surface area contributed by atoms with Crippen LogP contribution >= 0.6 is 0 Å². The standard InChI is InChI=1S/C14H26N2O3/c1-3-4-11(15)12(17)16-9-14(13(18)19)7-5-10(2)6-8-14/h10-11H,3-9,15H2,1-2H3,(H,16,17)(H,18,19)/t10?,11-,14?/m0/s1. The van der Waals surface area contributed by atoms with Crippen molar-refractivity contribution >= 4 is 11.9 Å². The summed E-state index contributed by atoms with van der Waals surface area (Å²) < 4.78 is 0. The number of aliphatic carboxylic acids is 1. The number of hydrogen-bond donors (Lipinski definition) is 3. The van der Waals surface area contributed by atoms with Gasteiger partial charge in [-0.15, -0.1) is 0 Å². The third-order valence-electron chi connectivity index (χ3n) is 4.22. The topological polar surface area (TPSA) is 92.4 Å². The number of carboxylic acids is 1. The smallest absolute Gasteiger partial charge is 0.311 e. The SMILES string of the molecule is CCC[C@H](N)C(=O)NCC1(C(=O)O)CCC(C)CC1. The Labute approximate surface area is 114 Å². The Hall–Kier alpha value is -1.10. The third-order valence-corrected chi connectivity index (χ3v) is 4.22. The van der Waals surface area contributed by atoms with Gasteiger partial charge in [-0.05, 0) is 38.0 Å². The lowest BCUT2D eigenvalue weighted by Gasteiger charge is -2.36. The molecule has 0 spiro atoms. The Bertz CT molecular complexity index is 323. The minimum Gasteiger partial charge on any atom is -0.481 e. The monoisotopic (exact) mass is 270 g/mol. The van der Waals surface area contributed by atoms with Crippen LogP contribution < -0.4 is 11.1 Å². The van der Waals surface area contributed by atoms with E-state index in [9.17, 15) is 14.7 Å². The van der Waals surface area contributed by atoms with Crippen LogP contribution in [0.5, 0.6) is 0 Å². The van der Waals surface area contributed by atoms with Crippen molar-refractivity contribution in [1.29, 1.82) is 0 Å². The molecule has 0 aromatic rings. The molecule has 5 nitrogen and oxygen atoms in total. The van der Waals surface area contributed by atoms with Gasteiger partial charge in [0.1, 0.15) is 0 Å². The molecule has 1 fully saturated rings. The second kappa shape index (κ2) is 6.89. The first-order valence-electron chi connectivity index (χ1n) is 7.18. The minimum atomic E-state index is -0.802. The second-order valence-corrected chi connectivity index (χ2v) is 5.88. The number of rotatable bonds is 6. The highest BCUT2D eigenvalue weighted by Crippen LogP contribution is 2.38. The number of nitrogens with two attached hydrogens (primary N) is 1. The van der Waals surface area contributed by atoms with Crippen molar-refractivity contribution in [3.05, 3.63) is 0 Å². The van der Waals surface area contributed by atoms with E-state index in [2.05, 4.69) is 12.2 Å². The van der Waals surface area contributed by atoms with E-state index in [-0.39, 0.29) is 12.5 Å². The number of carbonyl (C=O) groups excluding carboxylic acids is 1. The summed E-state index contributed by atoms with van der Waals surface area (Å²) in [5, 5.41) is 12.2. The lowest BCUT2D eigenvalue weighted by molar-refractivity contribution is -0.151. The van der Waals surface area contributed by atoms with Crippen LogP contribution in [0.2, 0.25) is 0 Å². The molecule has 1 amide bonds. The van der Waals surface area contributed by atoms with Gasteiger partial charge in [0.15, 0.2) is 0 Å². The molecule has 5 heteroatoms. The normalized spacial score (nSPS) is 28.7. The third kappa shape index (κ3) is 4.20. The molecule has 1 atom stereocenters. The molecule has 0 saturated heterocycles. The quantitative estimate of drug-likeness (QED) is 0.682. The van der Waals surface area contributed by atoms with Gasteiger partial charge in [0.25, 0.3) is 0 Å². The van der Waals surface area contributed by atoms with Gasteiger partial charge >= 0.3 is 5.97 Å². The predicted octanol–water partition coefficient (Wildman–Crippen LogP) is 1.51. The Kier molecular flexibility index (Phi) is 5.79. The van der Waals surface area contributed by atoms with Gasteiger partial charge < -0.3 is 16.2 Å². The maximum atomic E-state index is 11.8. The summed E-state index contributed by atoms with van der Waals surface area (Å²) in [5.41, 5.74) is 4.93. The van der Waals surface area contributed by atoms with E-state index in [0.717, 1.165) is 19.3 Å². The summed E-state index contributed by atoms with van der Waals surface area (Å²) in [6.07, 6.45) is 4.55. The highest BCUT2D eigenvalue weighted by Gasteiger charge is 2.41. The van der Waals surface area contributed by atoms with E-state index >= 15 is 0 Å². The summed E-state index contributed by atoms with van der Waals surface area (Å²) in [7, 11) is 0. The fourth-order valence-corrected chi connectivity index (χ4v) is 2.61. The number of hydrogen-bond acceptors (Lipinski definition) is 3. The van der Waals surface area contributed by atoms with Crippen molar-refractivity contribution in [2.24, 2.45) is 17.1 Å². The molecule has 0 radical (unpaired) electrons. The zero-order chi connectivity index (χ0) is 14.5. The van der Waals surface area contributed by atoms with Crippen LogP contribution in [0, 0.1) is 11.3 Å². The van der Waals surface area contributed by atoms with Crippen molar-refractivity contribution in [2.75, 3.05) is 6.54 Å². The van der Waals surface area contributed by atoms with Gasteiger partial charge in [-0.2, -0.15) is 0 Å². The Morgan fingerprint density at radius 2 is 2.00 bits per heavy atom. The fraction of sp³-hybridized carbons (Fsp3) is 0.857. The van der Waals surface area contributed by atoms with Crippen LogP contribution in [-0.2, 0) is 9.59 Å². The summed E-state index contributed by atoms with van der Waals surface area (Å²) in [5.74, 6) is -0.463. The molecule has 1 saturated carbocycles. The molecule has 1 rings (SSSR count). The molecule has 1 aliphatic rings. The van der Waals surface area contributed by atoms with Crippen LogP contribution in [-0.4, -0.2) is 29.6 Å². The maximum absolute atomic E-state index is 11.8.